The van der Waals surface area contributed by atoms with Gasteiger partial charge in [-0.2, -0.15) is 5.10 Å². The Morgan fingerprint density at radius 1 is 1.00 bits per heavy atom. The van der Waals surface area contributed by atoms with E-state index in [0.717, 1.165) is 11.3 Å². The van der Waals surface area contributed by atoms with Gasteiger partial charge in [-0.15, -0.1) is 0 Å². The summed E-state index contributed by atoms with van der Waals surface area (Å²) < 4.78 is 13.0. The standard InChI is InChI=1S/C21H23FN4O/c1-13-18(24-20(27)23-17-11-9-16(22)10-12-17)19(26-25-13)14-5-7-15(8-6-14)21(2,3)4/h5-12H,1-4H3,(H,25,26)(H2,23,24,27). The van der Waals surface area contributed by atoms with E-state index >= 15 is 0 Å². The van der Waals surface area contributed by atoms with Gasteiger partial charge in [0, 0.05) is 11.3 Å². The lowest BCUT2D eigenvalue weighted by molar-refractivity contribution is 0.262. The summed E-state index contributed by atoms with van der Waals surface area (Å²) in [6.07, 6.45) is 0. The molecule has 5 nitrogen and oxygen atoms in total. The van der Waals surface area contributed by atoms with Crippen LogP contribution in [0, 0.1) is 12.7 Å². The van der Waals surface area contributed by atoms with Crippen LogP contribution in [0.4, 0.5) is 20.6 Å². The quantitative estimate of drug-likeness (QED) is 0.575. The fourth-order valence-corrected chi connectivity index (χ4v) is 2.73. The first-order valence-corrected chi connectivity index (χ1v) is 8.73. The Balaban J connectivity index is 1.80. The maximum Gasteiger partial charge on any atom is 0.323 e. The Labute approximate surface area is 158 Å². The summed E-state index contributed by atoms with van der Waals surface area (Å²) in [4.78, 5) is 12.3. The zero-order chi connectivity index (χ0) is 19.6. The van der Waals surface area contributed by atoms with E-state index in [1.807, 2.05) is 19.1 Å². The normalized spacial score (nSPS) is 11.3. The molecule has 0 spiro atoms. The molecule has 0 bridgehead atoms. The van der Waals surface area contributed by atoms with Crippen LogP contribution in [0.1, 0.15) is 32.0 Å². The van der Waals surface area contributed by atoms with E-state index in [1.54, 1.807) is 0 Å². The van der Waals surface area contributed by atoms with Crippen molar-refractivity contribution in [3.63, 3.8) is 0 Å². The highest BCUT2D eigenvalue weighted by Crippen LogP contribution is 2.31. The van der Waals surface area contributed by atoms with Crippen LogP contribution in [0.3, 0.4) is 0 Å². The summed E-state index contributed by atoms with van der Waals surface area (Å²) in [7, 11) is 0. The zero-order valence-electron chi connectivity index (χ0n) is 15.9. The SMILES string of the molecule is Cc1[nH]nc(-c2ccc(C(C)(C)C)cc2)c1NC(=O)Nc1ccc(F)cc1. The smallest absolute Gasteiger partial charge is 0.308 e. The number of urea groups is 1. The number of anilines is 2. The lowest BCUT2D eigenvalue weighted by Crippen LogP contribution is -2.20. The predicted octanol–water partition coefficient (Wildman–Crippen LogP) is 5.47. The number of carbonyl (C=O) groups excluding carboxylic acids is 1. The van der Waals surface area contributed by atoms with Gasteiger partial charge in [-0.25, -0.2) is 9.18 Å². The third-order valence-corrected chi connectivity index (χ3v) is 4.31. The molecular formula is C21H23FN4O. The minimum absolute atomic E-state index is 0.0656. The molecule has 0 radical (unpaired) electrons. The van der Waals surface area contributed by atoms with Crippen molar-refractivity contribution in [1.82, 2.24) is 10.2 Å². The first-order valence-electron chi connectivity index (χ1n) is 8.73. The molecule has 0 aliphatic heterocycles. The van der Waals surface area contributed by atoms with E-state index in [0.29, 0.717) is 17.1 Å². The maximum atomic E-state index is 13.0. The summed E-state index contributed by atoms with van der Waals surface area (Å²) in [5.41, 5.74) is 4.73. The second-order valence-corrected chi connectivity index (χ2v) is 7.49. The minimum Gasteiger partial charge on any atom is -0.308 e. The zero-order valence-corrected chi connectivity index (χ0v) is 15.9. The number of hydrogen-bond donors (Lipinski definition) is 3. The average Bonchev–Trinajstić information content (AvgIpc) is 2.97. The fraction of sp³-hybridized carbons (Fsp3) is 0.238. The van der Waals surface area contributed by atoms with Crippen molar-refractivity contribution in [2.45, 2.75) is 33.1 Å². The van der Waals surface area contributed by atoms with Gasteiger partial charge in [0.15, 0.2) is 0 Å². The molecule has 3 rings (SSSR count). The first kappa shape index (κ1) is 18.6. The predicted molar refractivity (Wildman–Crippen MR) is 107 cm³/mol. The molecule has 0 fully saturated rings. The lowest BCUT2D eigenvalue weighted by Gasteiger charge is -2.19. The Morgan fingerprint density at radius 2 is 1.63 bits per heavy atom. The van der Waals surface area contributed by atoms with Crippen molar-refractivity contribution in [2.24, 2.45) is 0 Å². The second-order valence-electron chi connectivity index (χ2n) is 7.49. The van der Waals surface area contributed by atoms with Gasteiger partial charge in [-0.05, 0) is 42.2 Å². The topological polar surface area (TPSA) is 69.8 Å². The Morgan fingerprint density at radius 3 is 2.22 bits per heavy atom. The monoisotopic (exact) mass is 366 g/mol. The van der Waals surface area contributed by atoms with E-state index < -0.39 is 6.03 Å². The lowest BCUT2D eigenvalue weighted by atomic mass is 9.86. The van der Waals surface area contributed by atoms with Crippen molar-refractivity contribution in [3.05, 3.63) is 65.6 Å². The third-order valence-electron chi connectivity index (χ3n) is 4.31. The number of H-pyrrole nitrogens is 1. The van der Waals surface area contributed by atoms with Gasteiger partial charge in [0.2, 0.25) is 0 Å². The van der Waals surface area contributed by atoms with E-state index in [2.05, 4.69) is 53.7 Å². The number of halogens is 1. The molecule has 140 valence electrons. The molecule has 0 saturated carbocycles. The van der Waals surface area contributed by atoms with Gasteiger partial charge in [-0.3, -0.25) is 5.10 Å². The summed E-state index contributed by atoms with van der Waals surface area (Å²) in [6, 6.07) is 13.3. The van der Waals surface area contributed by atoms with Crippen LogP contribution in [0.5, 0.6) is 0 Å². The van der Waals surface area contributed by atoms with Crippen LogP contribution in [0.25, 0.3) is 11.3 Å². The molecule has 6 heteroatoms. The average molecular weight is 366 g/mol. The molecular weight excluding hydrogens is 343 g/mol. The van der Waals surface area contributed by atoms with Gasteiger partial charge in [0.05, 0.1) is 11.4 Å². The third kappa shape index (κ3) is 4.34. The number of aromatic amines is 1. The Kier molecular flexibility index (Phi) is 4.99. The Bertz CT molecular complexity index is 938. The Hall–Kier alpha value is -3.15. The van der Waals surface area contributed by atoms with E-state index in [9.17, 15) is 9.18 Å². The highest BCUT2D eigenvalue weighted by atomic mass is 19.1. The number of aromatic nitrogens is 2. The van der Waals surface area contributed by atoms with Crippen molar-refractivity contribution in [3.8, 4) is 11.3 Å². The van der Waals surface area contributed by atoms with Gasteiger partial charge in [0.1, 0.15) is 11.5 Å². The first-order chi connectivity index (χ1) is 12.7. The number of benzene rings is 2. The van der Waals surface area contributed by atoms with Crippen LogP contribution in [-0.4, -0.2) is 16.2 Å². The molecule has 0 unspecified atom stereocenters. The molecule has 0 aliphatic rings. The van der Waals surface area contributed by atoms with Crippen LogP contribution in [-0.2, 0) is 5.41 Å². The van der Waals surface area contributed by atoms with Crippen LogP contribution >= 0.6 is 0 Å². The summed E-state index contributed by atoms with van der Waals surface area (Å²) in [6.45, 7) is 8.32. The number of nitrogens with zero attached hydrogens (tertiary/aromatic N) is 1. The van der Waals surface area contributed by atoms with E-state index in [1.165, 1.54) is 29.8 Å². The number of rotatable bonds is 3. The van der Waals surface area contributed by atoms with E-state index in [4.69, 9.17) is 0 Å². The van der Waals surface area contributed by atoms with Gasteiger partial charge >= 0.3 is 6.03 Å². The highest BCUT2D eigenvalue weighted by Gasteiger charge is 2.17. The maximum absolute atomic E-state index is 13.0. The molecule has 1 aromatic heterocycles. The molecule has 3 aromatic rings. The van der Waals surface area contributed by atoms with Gasteiger partial charge in [-0.1, -0.05) is 45.0 Å². The summed E-state index contributed by atoms with van der Waals surface area (Å²) >= 11 is 0. The molecule has 2 amide bonds. The molecule has 1 heterocycles. The highest BCUT2D eigenvalue weighted by molar-refractivity contribution is 6.02. The van der Waals surface area contributed by atoms with E-state index in [-0.39, 0.29) is 11.2 Å². The van der Waals surface area contributed by atoms with Crippen LogP contribution in [0.2, 0.25) is 0 Å². The van der Waals surface area contributed by atoms with Crippen LogP contribution in [0.15, 0.2) is 48.5 Å². The molecule has 0 saturated heterocycles. The molecule has 2 aromatic carbocycles. The van der Waals surface area contributed by atoms with Crippen molar-refractivity contribution < 1.29 is 9.18 Å². The summed E-state index contributed by atoms with van der Waals surface area (Å²) in [5, 5.41) is 12.8. The minimum atomic E-state index is -0.418. The molecule has 0 aliphatic carbocycles. The number of hydrogen-bond acceptors (Lipinski definition) is 2. The van der Waals surface area contributed by atoms with Gasteiger partial charge < -0.3 is 10.6 Å². The van der Waals surface area contributed by atoms with Gasteiger partial charge in [0.25, 0.3) is 0 Å². The van der Waals surface area contributed by atoms with Crippen molar-refractivity contribution >= 4 is 17.4 Å². The number of carbonyl (C=O) groups is 1. The van der Waals surface area contributed by atoms with Crippen LogP contribution < -0.4 is 10.6 Å². The second kappa shape index (κ2) is 7.23. The number of aryl methyl sites for hydroxylation is 1. The van der Waals surface area contributed by atoms with Crippen molar-refractivity contribution in [1.29, 1.82) is 0 Å². The number of amides is 2. The molecule has 27 heavy (non-hydrogen) atoms. The molecule has 3 N–H and O–H groups in total. The summed E-state index contributed by atoms with van der Waals surface area (Å²) in [5.74, 6) is -0.354. The number of nitrogens with one attached hydrogen (secondary N) is 3. The fourth-order valence-electron chi connectivity index (χ4n) is 2.73. The largest absolute Gasteiger partial charge is 0.323 e. The van der Waals surface area contributed by atoms with Crippen molar-refractivity contribution in [2.75, 3.05) is 10.6 Å². The molecule has 0 atom stereocenters.